The van der Waals surface area contributed by atoms with Gasteiger partial charge in [0.25, 0.3) is 9.04 Å². The number of hydrogen-bond donors (Lipinski definition) is 0. The maximum atomic E-state index is 11.9. The first-order valence-corrected chi connectivity index (χ1v) is 12.5. The van der Waals surface area contributed by atoms with Crippen LogP contribution < -0.4 is 0 Å². The minimum Gasteiger partial charge on any atom is -0.504 e. The predicted octanol–water partition coefficient (Wildman–Crippen LogP) is 5.58. The number of carbonyl (C=O) groups excluding carboxylic acids is 2. The highest BCUT2D eigenvalue weighted by molar-refractivity contribution is 6.60. The van der Waals surface area contributed by atoms with Gasteiger partial charge in [0.05, 0.1) is 0 Å². The normalized spacial score (nSPS) is 12.9. The van der Waals surface area contributed by atoms with Gasteiger partial charge < -0.3 is 8.85 Å². The van der Waals surface area contributed by atoms with Gasteiger partial charge >= 0.3 is 12.2 Å². The predicted molar refractivity (Wildman–Crippen MR) is 102 cm³/mol. The first-order valence-electron chi connectivity index (χ1n) is 8.74. The van der Waals surface area contributed by atoms with Gasteiger partial charge in [-0.25, -0.2) is 9.59 Å². The quantitative estimate of drug-likeness (QED) is 0.449. The first kappa shape index (κ1) is 23.0. The summed E-state index contributed by atoms with van der Waals surface area (Å²) >= 11 is 0. The van der Waals surface area contributed by atoms with Crippen molar-refractivity contribution >= 4 is 30.3 Å². The highest BCUT2D eigenvalue weighted by Gasteiger charge is 2.41. The zero-order valence-electron chi connectivity index (χ0n) is 16.5. The van der Waals surface area contributed by atoms with Gasteiger partial charge in [-0.15, -0.1) is 0 Å². The van der Waals surface area contributed by atoms with E-state index in [0.29, 0.717) is 0 Å². The molecular formula is C16H34N2O4Si2. The van der Waals surface area contributed by atoms with E-state index in [4.69, 9.17) is 8.85 Å². The molecule has 0 unspecified atom stereocenters. The molecule has 0 aliphatic heterocycles. The van der Waals surface area contributed by atoms with Crippen LogP contribution in [0.15, 0.2) is 10.2 Å². The summed E-state index contributed by atoms with van der Waals surface area (Å²) in [6.07, 6.45) is 0.398. The molecule has 0 aromatic carbocycles. The molecule has 0 aromatic heterocycles. The largest absolute Gasteiger partial charge is 0.504 e. The lowest BCUT2D eigenvalue weighted by Gasteiger charge is -2.36. The van der Waals surface area contributed by atoms with E-state index in [-0.39, 0.29) is 10.1 Å². The lowest BCUT2D eigenvalue weighted by molar-refractivity contribution is 0.197. The minimum absolute atomic E-state index is 0.107. The molecule has 0 saturated heterocycles. The molecule has 0 spiro atoms. The maximum absolute atomic E-state index is 11.9. The number of amides is 2. The fraction of sp³-hybridized carbons (Fsp3) is 0.875. The standard InChI is InChI=1S/C16H34N2O4Si2/c1-9-11-23(12-10-2)21-13(19)17-18-14(20)22-24(15(3,4)5)16(6,7)8/h23-24H,9-12H2,1-8H3. The second-order valence-electron chi connectivity index (χ2n) is 8.28. The van der Waals surface area contributed by atoms with Crippen LogP contribution in [-0.4, -0.2) is 30.3 Å². The minimum atomic E-state index is -1.93. The van der Waals surface area contributed by atoms with Crippen LogP contribution in [0.1, 0.15) is 68.2 Å². The molecule has 0 fully saturated rings. The smallest absolute Gasteiger partial charge is 0.438 e. The lowest BCUT2D eigenvalue weighted by Crippen LogP contribution is -2.39. The Hall–Kier alpha value is -1.03. The molecule has 0 bridgehead atoms. The fourth-order valence-electron chi connectivity index (χ4n) is 2.93. The summed E-state index contributed by atoms with van der Waals surface area (Å²) in [5.41, 5.74) is 0. The molecule has 0 atom stereocenters. The number of rotatable bonds is 6. The van der Waals surface area contributed by atoms with Crippen molar-refractivity contribution in [1.82, 2.24) is 0 Å². The molecule has 2 amide bonds. The monoisotopic (exact) mass is 374 g/mol. The van der Waals surface area contributed by atoms with Crippen molar-refractivity contribution in [2.75, 3.05) is 0 Å². The van der Waals surface area contributed by atoms with Crippen molar-refractivity contribution in [3.05, 3.63) is 0 Å². The second-order valence-corrected chi connectivity index (χ2v) is 15.4. The van der Waals surface area contributed by atoms with E-state index in [1.807, 2.05) is 0 Å². The van der Waals surface area contributed by atoms with Crippen LogP contribution in [0.2, 0.25) is 22.2 Å². The summed E-state index contributed by atoms with van der Waals surface area (Å²) in [4.78, 5) is 23.7. The van der Waals surface area contributed by atoms with Crippen molar-refractivity contribution in [3.8, 4) is 0 Å². The van der Waals surface area contributed by atoms with E-state index in [0.717, 1.165) is 24.9 Å². The zero-order valence-corrected chi connectivity index (χ0v) is 18.8. The highest BCUT2D eigenvalue weighted by atomic mass is 28.3. The summed E-state index contributed by atoms with van der Waals surface area (Å²) in [7, 11) is -3.51. The Bertz CT molecular complexity index is 422. The molecule has 0 heterocycles. The highest BCUT2D eigenvalue weighted by Crippen LogP contribution is 2.42. The van der Waals surface area contributed by atoms with E-state index in [1.165, 1.54) is 0 Å². The van der Waals surface area contributed by atoms with Gasteiger partial charge in [-0.3, -0.25) is 0 Å². The molecule has 0 aliphatic rings. The average Bonchev–Trinajstić information content (AvgIpc) is 2.40. The molecule has 24 heavy (non-hydrogen) atoms. The topological polar surface area (TPSA) is 77.3 Å². The zero-order chi connectivity index (χ0) is 19.0. The molecular weight excluding hydrogens is 340 g/mol. The second kappa shape index (κ2) is 10.1. The average molecular weight is 375 g/mol. The molecule has 0 saturated carbocycles. The lowest BCUT2D eigenvalue weighted by atomic mass is 10.2. The number of nitrogens with zero attached hydrogens (tertiary/aromatic N) is 2. The van der Waals surface area contributed by atoms with E-state index in [1.54, 1.807) is 0 Å². The van der Waals surface area contributed by atoms with Crippen molar-refractivity contribution in [1.29, 1.82) is 0 Å². The van der Waals surface area contributed by atoms with Gasteiger partial charge in [0.15, 0.2) is 0 Å². The van der Waals surface area contributed by atoms with Crippen molar-refractivity contribution in [3.63, 3.8) is 0 Å². The Balaban J connectivity index is 4.73. The van der Waals surface area contributed by atoms with Crippen LogP contribution in [-0.2, 0) is 8.85 Å². The van der Waals surface area contributed by atoms with Gasteiger partial charge in [0.1, 0.15) is 0 Å². The third kappa shape index (κ3) is 9.31. The van der Waals surface area contributed by atoms with Crippen molar-refractivity contribution in [2.24, 2.45) is 10.2 Å². The summed E-state index contributed by atoms with van der Waals surface area (Å²) < 4.78 is 10.9. The Kier molecular flexibility index (Phi) is 9.64. The van der Waals surface area contributed by atoms with Crippen LogP contribution in [0.3, 0.4) is 0 Å². The number of azo groups is 1. The SMILES string of the molecule is CCC[SiH](CCC)OC(=O)N=NC(=O)O[SiH](C(C)(C)C)C(C)(C)C. The van der Waals surface area contributed by atoms with Crippen LogP contribution in [0.25, 0.3) is 0 Å². The van der Waals surface area contributed by atoms with Crippen molar-refractivity contribution < 1.29 is 18.4 Å². The Morgan fingerprint density at radius 3 is 1.50 bits per heavy atom. The first-order chi connectivity index (χ1) is 10.9. The molecule has 0 aromatic rings. The summed E-state index contributed by atoms with van der Waals surface area (Å²) in [6.45, 7) is 16.5. The molecule has 0 radical (unpaired) electrons. The Labute approximate surface area is 149 Å². The molecule has 6 nitrogen and oxygen atoms in total. The summed E-state index contributed by atoms with van der Waals surface area (Å²) in [6, 6.07) is 1.84. The van der Waals surface area contributed by atoms with E-state index >= 15 is 0 Å². The van der Waals surface area contributed by atoms with Gasteiger partial charge in [-0.2, -0.15) is 0 Å². The number of carbonyl (C=O) groups is 2. The van der Waals surface area contributed by atoms with Crippen LogP contribution in [0.5, 0.6) is 0 Å². The van der Waals surface area contributed by atoms with E-state index in [9.17, 15) is 9.59 Å². The van der Waals surface area contributed by atoms with Gasteiger partial charge in [0, 0.05) is 0 Å². The van der Waals surface area contributed by atoms with Gasteiger partial charge in [-0.05, 0) is 22.2 Å². The Morgan fingerprint density at radius 1 is 0.792 bits per heavy atom. The van der Waals surface area contributed by atoms with Crippen LogP contribution >= 0.6 is 0 Å². The van der Waals surface area contributed by atoms with Gasteiger partial charge in [-0.1, -0.05) is 78.5 Å². The van der Waals surface area contributed by atoms with Gasteiger partial charge in [0.2, 0.25) is 9.04 Å². The van der Waals surface area contributed by atoms with E-state index < -0.39 is 30.3 Å². The molecule has 0 N–H and O–H groups in total. The molecule has 8 heteroatoms. The van der Waals surface area contributed by atoms with E-state index in [2.05, 4.69) is 65.6 Å². The maximum Gasteiger partial charge on any atom is 0.438 e. The summed E-state index contributed by atoms with van der Waals surface area (Å²) in [5, 5.41) is 6.59. The molecule has 0 aliphatic carbocycles. The van der Waals surface area contributed by atoms with Crippen LogP contribution in [0, 0.1) is 0 Å². The Morgan fingerprint density at radius 2 is 1.17 bits per heavy atom. The third-order valence-corrected chi connectivity index (χ3v) is 10.1. The number of hydrogen-bond acceptors (Lipinski definition) is 4. The third-order valence-electron chi connectivity index (χ3n) is 3.49. The fourth-order valence-corrected chi connectivity index (χ4v) is 8.63. The molecule has 140 valence electrons. The molecule has 0 rings (SSSR count). The van der Waals surface area contributed by atoms with Crippen molar-refractivity contribution in [2.45, 2.75) is 90.4 Å². The van der Waals surface area contributed by atoms with Crippen LogP contribution in [0.4, 0.5) is 9.59 Å². The summed E-state index contributed by atoms with van der Waals surface area (Å²) in [5.74, 6) is 0.